The van der Waals surface area contributed by atoms with Crippen LogP contribution in [0.1, 0.15) is 5.69 Å². The van der Waals surface area contributed by atoms with Crippen molar-refractivity contribution in [2.75, 3.05) is 6.79 Å². The molecule has 0 fully saturated rings. The Morgan fingerprint density at radius 1 is 1.29 bits per heavy atom. The summed E-state index contributed by atoms with van der Waals surface area (Å²) in [6, 6.07) is 5.32. The van der Waals surface area contributed by atoms with Gasteiger partial charge in [0.05, 0.1) is 5.52 Å². The van der Waals surface area contributed by atoms with Crippen molar-refractivity contribution < 1.29 is 9.47 Å². The number of fused-ring (bicyclic) bond motifs is 2. The minimum absolute atomic E-state index is 0.210. The molecule has 1 aliphatic rings. The van der Waals surface area contributed by atoms with E-state index in [0.29, 0.717) is 17.2 Å². The first-order chi connectivity index (χ1) is 8.28. The molecule has 0 radical (unpaired) electrons. The quantitative estimate of drug-likeness (QED) is 0.427. The van der Waals surface area contributed by atoms with Gasteiger partial charge in [-0.15, -0.1) is 0 Å². The number of azide groups is 1. The second-order valence-corrected chi connectivity index (χ2v) is 3.69. The summed E-state index contributed by atoms with van der Waals surface area (Å²) in [5.41, 5.74) is 10.6. The lowest BCUT2D eigenvalue weighted by atomic mass is 10.1. The Labute approximate surface area is 96.4 Å². The van der Waals surface area contributed by atoms with Crippen molar-refractivity contribution in [3.05, 3.63) is 34.3 Å². The highest BCUT2D eigenvalue weighted by molar-refractivity contribution is 5.92. The summed E-state index contributed by atoms with van der Waals surface area (Å²) in [5, 5.41) is 4.43. The van der Waals surface area contributed by atoms with Crippen molar-refractivity contribution in [1.29, 1.82) is 0 Å². The molecule has 3 rings (SSSR count). The van der Waals surface area contributed by atoms with Crippen LogP contribution in [-0.4, -0.2) is 11.8 Å². The summed E-state index contributed by atoms with van der Waals surface area (Å²) in [6.07, 6.45) is 0. The lowest BCUT2D eigenvalue weighted by molar-refractivity contribution is 0.174. The van der Waals surface area contributed by atoms with Crippen LogP contribution in [0.2, 0.25) is 0 Å². The molecule has 0 aliphatic carbocycles. The Kier molecular flexibility index (Phi) is 2.03. The molecule has 0 saturated carbocycles. The standard InChI is InChI=1S/C11H8N4O2/c1-6-2-9(14-15-12)7-3-10-11(17-5-16-10)4-8(7)13-6/h2-4H,5H2,1H3. The topological polar surface area (TPSA) is 80.1 Å². The van der Waals surface area contributed by atoms with E-state index < -0.39 is 0 Å². The molecule has 0 bridgehead atoms. The normalized spacial score (nSPS) is 12.5. The molecule has 6 nitrogen and oxygen atoms in total. The predicted octanol–water partition coefficient (Wildman–Crippen LogP) is 3.21. The second-order valence-electron chi connectivity index (χ2n) is 3.69. The largest absolute Gasteiger partial charge is 0.454 e. The van der Waals surface area contributed by atoms with Crippen molar-refractivity contribution in [1.82, 2.24) is 4.98 Å². The van der Waals surface area contributed by atoms with Crippen molar-refractivity contribution in [2.24, 2.45) is 5.11 Å². The van der Waals surface area contributed by atoms with Crippen LogP contribution in [0.25, 0.3) is 21.3 Å². The van der Waals surface area contributed by atoms with E-state index in [1.807, 2.05) is 6.92 Å². The van der Waals surface area contributed by atoms with Gasteiger partial charge in [0.1, 0.15) is 0 Å². The van der Waals surface area contributed by atoms with E-state index in [1.165, 1.54) is 0 Å². The fourth-order valence-electron chi connectivity index (χ4n) is 1.86. The molecule has 1 aliphatic heterocycles. The third kappa shape index (κ3) is 1.51. The Hall–Kier alpha value is -2.46. The maximum absolute atomic E-state index is 8.55. The van der Waals surface area contributed by atoms with Crippen molar-refractivity contribution in [3.8, 4) is 11.5 Å². The van der Waals surface area contributed by atoms with Crippen LogP contribution in [-0.2, 0) is 0 Å². The maximum atomic E-state index is 8.55. The number of hydrogen-bond donors (Lipinski definition) is 0. The molecule has 2 aromatic rings. The Morgan fingerprint density at radius 3 is 2.82 bits per heavy atom. The van der Waals surface area contributed by atoms with Crippen LogP contribution in [0, 0.1) is 6.92 Å². The van der Waals surface area contributed by atoms with Gasteiger partial charge in [0.15, 0.2) is 11.5 Å². The number of hydrogen-bond acceptors (Lipinski definition) is 4. The zero-order chi connectivity index (χ0) is 11.8. The molecule has 2 heterocycles. The summed E-state index contributed by atoms with van der Waals surface area (Å²) in [4.78, 5) is 7.19. The van der Waals surface area contributed by atoms with Crippen molar-refractivity contribution in [3.63, 3.8) is 0 Å². The monoisotopic (exact) mass is 228 g/mol. The van der Waals surface area contributed by atoms with Gasteiger partial charge in [0.25, 0.3) is 0 Å². The van der Waals surface area contributed by atoms with E-state index in [9.17, 15) is 0 Å². The van der Waals surface area contributed by atoms with Crippen molar-refractivity contribution >= 4 is 16.6 Å². The molecule has 0 spiro atoms. The molecule has 1 aromatic carbocycles. The van der Waals surface area contributed by atoms with Gasteiger partial charge in [0.2, 0.25) is 6.79 Å². The first-order valence-electron chi connectivity index (χ1n) is 5.04. The molecule has 0 amide bonds. The lowest BCUT2D eigenvalue weighted by Crippen LogP contribution is -1.92. The van der Waals surface area contributed by atoms with Gasteiger partial charge in [0, 0.05) is 27.7 Å². The predicted molar refractivity (Wildman–Crippen MR) is 61.4 cm³/mol. The van der Waals surface area contributed by atoms with Gasteiger partial charge < -0.3 is 9.47 Å². The van der Waals surface area contributed by atoms with Gasteiger partial charge in [-0.3, -0.25) is 4.98 Å². The van der Waals surface area contributed by atoms with Gasteiger partial charge in [-0.1, -0.05) is 5.11 Å². The number of nitrogens with zero attached hydrogens (tertiary/aromatic N) is 4. The summed E-state index contributed by atoms with van der Waals surface area (Å²) in [7, 11) is 0. The Morgan fingerprint density at radius 2 is 2.06 bits per heavy atom. The van der Waals surface area contributed by atoms with Gasteiger partial charge in [-0.2, -0.15) is 0 Å². The molecule has 6 heteroatoms. The maximum Gasteiger partial charge on any atom is 0.231 e. The van der Waals surface area contributed by atoms with E-state index in [2.05, 4.69) is 15.0 Å². The molecule has 0 unspecified atom stereocenters. The zero-order valence-electron chi connectivity index (χ0n) is 9.04. The van der Waals surface area contributed by atoms with E-state index >= 15 is 0 Å². The zero-order valence-corrected chi connectivity index (χ0v) is 9.04. The number of rotatable bonds is 1. The Bertz CT molecular complexity index is 662. The minimum Gasteiger partial charge on any atom is -0.454 e. The highest BCUT2D eigenvalue weighted by Crippen LogP contribution is 2.38. The fourth-order valence-corrected chi connectivity index (χ4v) is 1.86. The number of aryl methyl sites for hydroxylation is 1. The van der Waals surface area contributed by atoms with Gasteiger partial charge >= 0.3 is 0 Å². The van der Waals surface area contributed by atoms with Crippen LogP contribution >= 0.6 is 0 Å². The van der Waals surface area contributed by atoms with E-state index in [-0.39, 0.29) is 6.79 Å². The van der Waals surface area contributed by atoms with Crippen LogP contribution in [0.4, 0.5) is 5.69 Å². The van der Waals surface area contributed by atoms with Crippen LogP contribution < -0.4 is 9.47 Å². The van der Waals surface area contributed by atoms with Crippen molar-refractivity contribution in [2.45, 2.75) is 6.92 Å². The van der Waals surface area contributed by atoms with Crippen LogP contribution in [0.3, 0.4) is 0 Å². The van der Waals surface area contributed by atoms with Crippen LogP contribution in [0.15, 0.2) is 23.3 Å². The molecular weight excluding hydrogens is 220 g/mol. The molecule has 1 aromatic heterocycles. The molecule has 84 valence electrons. The second kappa shape index (κ2) is 3.54. The first-order valence-corrected chi connectivity index (χ1v) is 5.04. The van der Waals surface area contributed by atoms with Gasteiger partial charge in [-0.25, -0.2) is 0 Å². The third-order valence-electron chi connectivity index (χ3n) is 2.56. The molecule has 0 saturated heterocycles. The SMILES string of the molecule is Cc1cc(N=[N+]=[N-])c2cc3c(cc2n1)OCO3. The van der Waals surface area contributed by atoms with E-state index in [1.54, 1.807) is 18.2 Å². The smallest absolute Gasteiger partial charge is 0.231 e. The average molecular weight is 228 g/mol. The molecule has 0 atom stereocenters. The number of ether oxygens (including phenoxy) is 2. The Balaban J connectivity index is 2.37. The highest BCUT2D eigenvalue weighted by atomic mass is 16.7. The number of pyridine rings is 1. The summed E-state index contributed by atoms with van der Waals surface area (Å²) in [6.45, 7) is 2.06. The van der Waals surface area contributed by atoms with E-state index in [4.69, 9.17) is 15.0 Å². The fraction of sp³-hybridized carbons (Fsp3) is 0.182. The summed E-state index contributed by atoms with van der Waals surface area (Å²) >= 11 is 0. The summed E-state index contributed by atoms with van der Waals surface area (Å²) < 4.78 is 10.6. The number of aromatic nitrogens is 1. The summed E-state index contributed by atoms with van der Waals surface area (Å²) in [5.74, 6) is 1.32. The molecular formula is C11H8N4O2. The molecule has 0 N–H and O–H groups in total. The van der Waals surface area contributed by atoms with Crippen LogP contribution in [0.5, 0.6) is 11.5 Å². The lowest BCUT2D eigenvalue weighted by Gasteiger charge is -2.04. The third-order valence-corrected chi connectivity index (χ3v) is 2.56. The van der Waals surface area contributed by atoms with E-state index in [0.717, 1.165) is 16.6 Å². The first kappa shape index (κ1) is 9.74. The van der Waals surface area contributed by atoms with Gasteiger partial charge in [-0.05, 0) is 24.6 Å². The average Bonchev–Trinajstić information content (AvgIpc) is 2.73. The highest BCUT2D eigenvalue weighted by Gasteiger charge is 2.16. The number of benzene rings is 1. The molecule has 17 heavy (non-hydrogen) atoms. The minimum atomic E-state index is 0.210.